The van der Waals surface area contributed by atoms with E-state index >= 15 is 0 Å². The smallest absolute Gasteiger partial charge is 0.189 e. The number of carbonyl (C=O) groups excluding carboxylic acids is 1. The van der Waals surface area contributed by atoms with E-state index in [4.69, 9.17) is 41.8 Å². The average Bonchev–Trinajstić information content (AvgIpc) is 3.20. The third-order valence-electron chi connectivity index (χ3n) is 4.04. The summed E-state index contributed by atoms with van der Waals surface area (Å²) in [6, 6.07) is 13.7. The molecular weight excluding hydrogens is 415 g/mol. The SMILES string of the molecule is COc1ccc(OC)c(C(=O)/C=C/c2ccc(COc3cccc(Cl)c3Cl)o2)c1. The van der Waals surface area contributed by atoms with Gasteiger partial charge in [0.25, 0.3) is 0 Å². The number of ether oxygens (including phenoxy) is 3. The number of allylic oxidation sites excluding steroid dienone is 1. The zero-order chi connectivity index (χ0) is 20.8. The van der Waals surface area contributed by atoms with Crippen molar-refractivity contribution in [1.29, 1.82) is 0 Å². The Morgan fingerprint density at radius 1 is 1.03 bits per heavy atom. The second-order valence-electron chi connectivity index (χ2n) is 5.91. The lowest BCUT2D eigenvalue weighted by atomic mass is 10.1. The maximum Gasteiger partial charge on any atom is 0.189 e. The summed E-state index contributed by atoms with van der Waals surface area (Å²) in [4.78, 5) is 12.5. The fourth-order valence-electron chi connectivity index (χ4n) is 2.56. The Bertz CT molecular complexity index is 1040. The first-order valence-electron chi connectivity index (χ1n) is 8.61. The van der Waals surface area contributed by atoms with Crippen LogP contribution in [-0.4, -0.2) is 20.0 Å². The van der Waals surface area contributed by atoms with Crippen molar-refractivity contribution < 1.29 is 23.4 Å². The van der Waals surface area contributed by atoms with E-state index in [0.29, 0.717) is 44.4 Å². The van der Waals surface area contributed by atoms with Crippen molar-refractivity contribution in [2.24, 2.45) is 0 Å². The standard InChI is InChI=1S/C22H18Cl2O5/c1-26-15-9-11-20(27-2)17(12-15)19(25)10-8-14-6-7-16(29-14)13-28-21-5-3-4-18(23)22(21)24/h3-12H,13H2,1-2H3/b10-8+. The summed E-state index contributed by atoms with van der Waals surface area (Å²) in [6.45, 7) is 0.172. The van der Waals surface area contributed by atoms with Crippen LogP contribution in [0.15, 0.2) is 59.0 Å². The monoisotopic (exact) mass is 432 g/mol. The molecule has 0 aliphatic heterocycles. The number of rotatable bonds is 8. The number of ketones is 1. The summed E-state index contributed by atoms with van der Waals surface area (Å²) in [6.07, 6.45) is 2.99. The van der Waals surface area contributed by atoms with Crippen LogP contribution in [0.5, 0.6) is 17.2 Å². The van der Waals surface area contributed by atoms with Gasteiger partial charge in [0, 0.05) is 0 Å². The Morgan fingerprint density at radius 3 is 2.62 bits per heavy atom. The predicted molar refractivity (Wildman–Crippen MR) is 112 cm³/mol. The van der Waals surface area contributed by atoms with Crippen molar-refractivity contribution in [3.8, 4) is 17.2 Å². The molecule has 0 atom stereocenters. The second kappa shape index (κ2) is 9.54. The Morgan fingerprint density at radius 2 is 1.86 bits per heavy atom. The van der Waals surface area contributed by atoms with Crippen LogP contribution < -0.4 is 14.2 Å². The predicted octanol–water partition coefficient (Wildman–Crippen LogP) is 6.08. The molecule has 0 N–H and O–H groups in total. The Labute approximate surface area is 178 Å². The molecule has 1 aromatic heterocycles. The number of carbonyl (C=O) groups is 1. The van der Waals surface area contributed by atoms with E-state index in [1.54, 1.807) is 54.6 Å². The van der Waals surface area contributed by atoms with Crippen molar-refractivity contribution in [3.63, 3.8) is 0 Å². The minimum atomic E-state index is -0.236. The Kier molecular flexibility index (Phi) is 6.86. The molecular formula is C22H18Cl2O5. The molecule has 3 rings (SSSR count). The number of benzene rings is 2. The van der Waals surface area contributed by atoms with Gasteiger partial charge in [0.2, 0.25) is 0 Å². The molecule has 0 fully saturated rings. The molecule has 7 heteroatoms. The summed E-state index contributed by atoms with van der Waals surface area (Å²) in [5.41, 5.74) is 0.397. The van der Waals surface area contributed by atoms with Crippen LogP contribution in [0.4, 0.5) is 0 Å². The van der Waals surface area contributed by atoms with Crippen LogP contribution in [0.2, 0.25) is 10.0 Å². The molecule has 3 aromatic rings. The van der Waals surface area contributed by atoms with Crippen molar-refractivity contribution >= 4 is 35.1 Å². The topological polar surface area (TPSA) is 57.9 Å². The first-order valence-corrected chi connectivity index (χ1v) is 9.37. The molecule has 0 amide bonds. The lowest BCUT2D eigenvalue weighted by Crippen LogP contribution is -1.99. The lowest BCUT2D eigenvalue weighted by Gasteiger charge is -2.07. The molecule has 0 bridgehead atoms. The fourth-order valence-corrected chi connectivity index (χ4v) is 2.91. The normalized spacial score (nSPS) is 10.9. The number of furan rings is 1. The quantitative estimate of drug-likeness (QED) is 0.318. The van der Waals surface area contributed by atoms with Gasteiger partial charge in [-0.15, -0.1) is 0 Å². The molecule has 29 heavy (non-hydrogen) atoms. The molecule has 1 heterocycles. The molecule has 0 saturated heterocycles. The molecule has 5 nitrogen and oxygen atoms in total. The summed E-state index contributed by atoms with van der Waals surface area (Å²) < 4.78 is 21.7. The minimum absolute atomic E-state index is 0.172. The van der Waals surface area contributed by atoms with E-state index in [1.807, 2.05) is 0 Å². The van der Waals surface area contributed by atoms with Gasteiger partial charge in [-0.1, -0.05) is 29.3 Å². The van der Waals surface area contributed by atoms with Gasteiger partial charge in [-0.2, -0.15) is 0 Å². The van der Waals surface area contributed by atoms with Crippen LogP contribution in [0.3, 0.4) is 0 Å². The van der Waals surface area contributed by atoms with Gasteiger partial charge in [-0.25, -0.2) is 0 Å². The van der Waals surface area contributed by atoms with Gasteiger partial charge < -0.3 is 18.6 Å². The molecule has 0 aliphatic rings. The molecule has 150 valence electrons. The Balaban J connectivity index is 1.67. The van der Waals surface area contributed by atoms with Gasteiger partial charge >= 0.3 is 0 Å². The van der Waals surface area contributed by atoms with Gasteiger partial charge in [0.1, 0.15) is 40.4 Å². The van der Waals surface area contributed by atoms with E-state index in [0.717, 1.165) is 0 Å². The average molecular weight is 433 g/mol. The van der Waals surface area contributed by atoms with Gasteiger partial charge in [0.05, 0.1) is 24.8 Å². The van der Waals surface area contributed by atoms with Crippen molar-refractivity contribution in [2.75, 3.05) is 14.2 Å². The van der Waals surface area contributed by atoms with Gasteiger partial charge in [-0.3, -0.25) is 4.79 Å². The summed E-state index contributed by atoms with van der Waals surface area (Å²) in [7, 11) is 3.04. The fraction of sp³-hybridized carbons (Fsp3) is 0.136. The highest BCUT2D eigenvalue weighted by molar-refractivity contribution is 6.42. The molecule has 0 spiro atoms. The number of hydrogen-bond acceptors (Lipinski definition) is 5. The number of hydrogen-bond donors (Lipinski definition) is 0. The van der Waals surface area contributed by atoms with E-state index in [1.165, 1.54) is 20.3 Å². The highest BCUT2D eigenvalue weighted by Gasteiger charge is 2.12. The molecule has 0 aliphatic carbocycles. The molecule has 2 aromatic carbocycles. The third-order valence-corrected chi connectivity index (χ3v) is 4.84. The summed E-state index contributed by atoms with van der Waals surface area (Å²) in [5.74, 6) is 2.35. The zero-order valence-corrected chi connectivity index (χ0v) is 17.3. The van der Waals surface area contributed by atoms with Crippen LogP contribution in [0.25, 0.3) is 6.08 Å². The minimum Gasteiger partial charge on any atom is -0.497 e. The lowest BCUT2D eigenvalue weighted by molar-refractivity contribution is 0.104. The maximum atomic E-state index is 12.5. The molecule has 0 unspecified atom stereocenters. The second-order valence-corrected chi connectivity index (χ2v) is 6.69. The summed E-state index contributed by atoms with van der Waals surface area (Å²) in [5, 5.41) is 0.761. The highest BCUT2D eigenvalue weighted by atomic mass is 35.5. The first-order chi connectivity index (χ1) is 14.0. The number of methoxy groups -OCH3 is 2. The van der Waals surface area contributed by atoms with Crippen molar-refractivity contribution in [3.05, 3.63) is 81.7 Å². The molecule has 0 saturated carbocycles. The zero-order valence-electron chi connectivity index (χ0n) is 15.8. The van der Waals surface area contributed by atoms with Gasteiger partial charge in [-0.05, 0) is 54.6 Å². The Hall–Kier alpha value is -2.89. The number of halogens is 2. The molecule has 0 radical (unpaired) electrons. The maximum absolute atomic E-state index is 12.5. The van der Waals surface area contributed by atoms with Crippen molar-refractivity contribution in [1.82, 2.24) is 0 Å². The largest absolute Gasteiger partial charge is 0.497 e. The summed E-state index contributed by atoms with van der Waals surface area (Å²) >= 11 is 12.1. The first kappa shape index (κ1) is 20.8. The third kappa shape index (κ3) is 5.13. The van der Waals surface area contributed by atoms with Crippen molar-refractivity contribution in [2.45, 2.75) is 6.61 Å². The van der Waals surface area contributed by atoms with E-state index in [2.05, 4.69) is 0 Å². The van der Waals surface area contributed by atoms with Crippen LogP contribution in [-0.2, 0) is 6.61 Å². The van der Waals surface area contributed by atoms with Crippen LogP contribution in [0.1, 0.15) is 21.9 Å². The van der Waals surface area contributed by atoms with E-state index < -0.39 is 0 Å². The van der Waals surface area contributed by atoms with Crippen LogP contribution in [0, 0.1) is 0 Å². The highest BCUT2D eigenvalue weighted by Crippen LogP contribution is 2.32. The van der Waals surface area contributed by atoms with E-state index in [-0.39, 0.29) is 12.4 Å². The van der Waals surface area contributed by atoms with E-state index in [9.17, 15) is 4.79 Å². The van der Waals surface area contributed by atoms with Crippen LogP contribution >= 0.6 is 23.2 Å². The van der Waals surface area contributed by atoms with Gasteiger partial charge in [0.15, 0.2) is 5.78 Å².